The number of nitrogens with zero attached hydrogens (tertiary/aromatic N) is 3. The van der Waals surface area contributed by atoms with E-state index in [1.807, 2.05) is 23.1 Å². The number of aromatic nitrogens is 2. The summed E-state index contributed by atoms with van der Waals surface area (Å²) in [6.45, 7) is 1.17. The Bertz CT molecular complexity index is 951. The van der Waals surface area contributed by atoms with Crippen LogP contribution >= 0.6 is 0 Å². The number of benzene rings is 1. The summed E-state index contributed by atoms with van der Waals surface area (Å²) in [7, 11) is 3.17. The van der Waals surface area contributed by atoms with Crippen LogP contribution in [0.25, 0.3) is 17.0 Å². The van der Waals surface area contributed by atoms with Crippen LogP contribution in [0.3, 0.4) is 0 Å². The average molecular weight is 394 g/mol. The largest absolute Gasteiger partial charge is 0.493 e. The minimum atomic E-state index is 0.0115. The lowest BCUT2D eigenvalue weighted by Gasteiger charge is -2.22. The van der Waals surface area contributed by atoms with Crippen molar-refractivity contribution in [2.75, 3.05) is 27.3 Å². The molecule has 2 aliphatic rings. The second-order valence-electron chi connectivity index (χ2n) is 7.55. The number of ether oxygens (including phenoxy) is 2. The average Bonchev–Trinajstić information content (AvgIpc) is 3.35. The second-order valence-corrected chi connectivity index (χ2v) is 7.55. The SMILES string of the molecule is COc1ccc(-c2nccc(C3=C(N)N(CC4CCCC4)CC3=O)n2)cc1OC. The van der Waals surface area contributed by atoms with Crippen molar-refractivity contribution in [1.29, 1.82) is 0 Å². The molecule has 4 rings (SSSR count). The van der Waals surface area contributed by atoms with E-state index in [-0.39, 0.29) is 5.78 Å². The molecule has 1 fully saturated rings. The molecule has 1 aliphatic heterocycles. The fourth-order valence-electron chi connectivity index (χ4n) is 4.19. The number of rotatable bonds is 6. The van der Waals surface area contributed by atoms with Crippen molar-refractivity contribution < 1.29 is 14.3 Å². The zero-order chi connectivity index (χ0) is 20.4. The monoisotopic (exact) mass is 394 g/mol. The predicted molar refractivity (Wildman–Crippen MR) is 110 cm³/mol. The maximum absolute atomic E-state index is 12.7. The zero-order valence-corrected chi connectivity index (χ0v) is 16.9. The van der Waals surface area contributed by atoms with Crippen molar-refractivity contribution in [1.82, 2.24) is 14.9 Å². The summed E-state index contributed by atoms with van der Waals surface area (Å²) < 4.78 is 10.7. The second kappa shape index (κ2) is 8.11. The number of carbonyl (C=O) groups is 1. The third kappa shape index (κ3) is 3.77. The highest BCUT2D eigenvalue weighted by Crippen LogP contribution is 2.33. The highest BCUT2D eigenvalue weighted by atomic mass is 16.5. The molecule has 0 unspecified atom stereocenters. The van der Waals surface area contributed by atoms with E-state index in [0.717, 1.165) is 12.1 Å². The standard InChI is InChI=1S/C22H26N4O3/c1-28-18-8-7-15(11-19(18)29-2)22-24-10-9-16(25-22)20-17(27)13-26(21(20)23)12-14-5-3-4-6-14/h7-11,14H,3-6,12-13,23H2,1-2H3. The van der Waals surface area contributed by atoms with E-state index in [2.05, 4.69) is 9.97 Å². The fraction of sp³-hybridized carbons (Fsp3) is 0.409. The van der Waals surface area contributed by atoms with Crippen molar-refractivity contribution in [3.63, 3.8) is 0 Å². The molecule has 1 aliphatic carbocycles. The van der Waals surface area contributed by atoms with Gasteiger partial charge in [0.1, 0.15) is 5.82 Å². The Balaban J connectivity index is 1.64. The van der Waals surface area contributed by atoms with Crippen molar-refractivity contribution in [3.05, 3.63) is 42.0 Å². The summed E-state index contributed by atoms with van der Waals surface area (Å²) in [4.78, 5) is 23.7. The van der Waals surface area contributed by atoms with E-state index in [1.165, 1.54) is 25.7 Å². The number of methoxy groups -OCH3 is 2. The van der Waals surface area contributed by atoms with Gasteiger partial charge in [-0.05, 0) is 43.0 Å². The van der Waals surface area contributed by atoms with Crippen molar-refractivity contribution in [2.24, 2.45) is 11.7 Å². The number of ketones is 1. The minimum Gasteiger partial charge on any atom is -0.493 e. The van der Waals surface area contributed by atoms with Gasteiger partial charge in [-0.25, -0.2) is 9.97 Å². The lowest BCUT2D eigenvalue weighted by molar-refractivity contribution is -0.113. The Labute approximate surface area is 170 Å². The first kappa shape index (κ1) is 19.2. The van der Waals surface area contributed by atoms with Gasteiger partial charge >= 0.3 is 0 Å². The van der Waals surface area contributed by atoms with Crippen LogP contribution in [-0.4, -0.2) is 48.0 Å². The maximum atomic E-state index is 12.7. The van der Waals surface area contributed by atoms with E-state index >= 15 is 0 Å². The molecule has 2 aromatic rings. The Kier molecular flexibility index (Phi) is 5.38. The zero-order valence-electron chi connectivity index (χ0n) is 16.9. The number of Topliss-reactive ketones (excluding diaryl/α,β-unsaturated/α-hetero) is 1. The van der Waals surface area contributed by atoms with Gasteiger partial charge in [0.05, 0.1) is 32.0 Å². The molecule has 0 amide bonds. The van der Waals surface area contributed by atoms with Gasteiger partial charge in [0.2, 0.25) is 0 Å². The highest BCUT2D eigenvalue weighted by Gasteiger charge is 2.32. The molecule has 2 heterocycles. The van der Waals surface area contributed by atoms with Gasteiger partial charge in [0.25, 0.3) is 0 Å². The molecule has 29 heavy (non-hydrogen) atoms. The van der Waals surface area contributed by atoms with Gasteiger partial charge in [-0.1, -0.05) is 12.8 Å². The first-order valence-electron chi connectivity index (χ1n) is 9.94. The Morgan fingerprint density at radius 3 is 2.62 bits per heavy atom. The minimum absolute atomic E-state index is 0.0115. The number of hydrogen-bond donors (Lipinski definition) is 1. The molecule has 2 N–H and O–H groups in total. The quantitative estimate of drug-likeness (QED) is 0.805. The van der Waals surface area contributed by atoms with Crippen LogP contribution in [0.1, 0.15) is 31.4 Å². The van der Waals surface area contributed by atoms with Crippen molar-refractivity contribution >= 4 is 11.4 Å². The molecule has 0 radical (unpaired) electrons. The molecule has 7 heteroatoms. The van der Waals surface area contributed by atoms with E-state index in [0.29, 0.717) is 46.9 Å². The molecule has 7 nitrogen and oxygen atoms in total. The fourth-order valence-corrected chi connectivity index (χ4v) is 4.19. The Morgan fingerprint density at radius 2 is 1.90 bits per heavy atom. The number of hydrogen-bond acceptors (Lipinski definition) is 7. The van der Waals surface area contributed by atoms with E-state index < -0.39 is 0 Å². The van der Waals surface area contributed by atoms with E-state index in [9.17, 15) is 4.79 Å². The summed E-state index contributed by atoms with van der Waals surface area (Å²) in [6.07, 6.45) is 6.61. The Morgan fingerprint density at radius 1 is 1.14 bits per heavy atom. The van der Waals surface area contributed by atoms with Crippen LogP contribution in [0.5, 0.6) is 11.5 Å². The third-order valence-electron chi connectivity index (χ3n) is 5.72. The summed E-state index contributed by atoms with van der Waals surface area (Å²) in [5.41, 5.74) is 8.21. The van der Waals surface area contributed by atoms with Gasteiger partial charge in [-0.15, -0.1) is 0 Å². The molecule has 1 aromatic heterocycles. The van der Waals surface area contributed by atoms with E-state index in [1.54, 1.807) is 26.5 Å². The third-order valence-corrected chi connectivity index (χ3v) is 5.72. The highest BCUT2D eigenvalue weighted by molar-refractivity contribution is 6.23. The lowest BCUT2D eigenvalue weighted by atomic mass is 10.1. The molecule has 1 aromatic carbocycles. The molecular weight excluding hydrogens is 368 g/mol. The maximum Gasteiger partial charge on any atom is 0.187 e. The van der Waals surface area contributed by atoms with Gasteiger partial charge in [0.15, 0.2) is 23.1 Å². The lowest BCUT2D eigenvalue weighted by Crippen LogP contribution is -2.30. The van der Waals surface area contributed by atoms with Crippen molar-refractivity contribution in [2.45, 2.75) is 25.7 Å². The van der Waals surface area contributed by atoms with Crippen LogP contribution in [-0.2, 0) is 4.79 Å². The smallest absolute Gasteiger partial charge is 0.187 e. The number of carbonyl (C=O) groups excluding carboxylic acids is 1. The van der Waals surface area contributed by atoms with Gasteiger partial charge < -0.3 is 20.1 Å². The normalized spacial score (nSPS) is 17.3. The van der Waals surface area contributed by atoms with Crippen LogP contribution in [0, 0.1) is 5.92 Å². The summed E-state index contributed by atoms with van der Waals surface area (Å²) in [6, 6.07) is 7.23. The predicted octanol–water partition coefficient (Wildman–Crippen LogP) is 2.86. The van der Waals surface area contributed by atoms with Gasteiger partial charge in [-0.2, -0.15) is 0 Å². The molecule has 0 saturated heterocycles. The molecule has 0 atom stereocenters. The van der Waals surface area contributed by atoms with Crippen LogP contribution in [0.15, 0.2) is 36.3 Å². The van der Waals surface area contributed by atoms with Gasteiger partial charge in [0, 0.05) is 18.3 Å². The van der Waals surface area contributed by atoms with Crippen LogP contribution in [0.4, 0.5) is 0 Å². The molecule has 0 bridgehead atoms. The molecule has 0 spiro atoms. The summed E-state index contributed by atoms with van der Waals surface area (Å²) in [5.74, 6) is 2.89. The molecule has 1 saturated carbocycles. The van der Waals surface area contributed by atoms with E-state index in [4.69, 9.17) is 15.2 Å². The Hall–Kier alpha value is -3.09. The molecule has 152 valence electrons. The number of nitrogens with two attached hydrogens (primary N) is 1. The van der Waals surface area contributed by atoms with Gasteiger partial charge in [-0.3, -0.25) is 4.79 Å². The van der Waals surface area contributed by atoms with Crippen LogP contribution in [0.2, 0.25) is 0 Å². The molecular formula is C22H26N4O3. The summed E-state index contributed by atoms with van der Waals surface area (Å²) >= 11 is 0. The first-order chi connectivity index (χ1) is 14.1. The first-order valence-corrected chi connectivity index (χ1v) is 9.94. The topological polar surface area (TPSA) is 90.6 Å². The van der Waals surface area contributed by atoms with Crippen molar-refractivity contribution in [3.8, 4) is 22.9 Å². The van der Waals surface area contributed by atoms with Crippen LogP contribution < -0.4 is 15.2 Å². The summed E-state index contributed by atoms with van der Waals surface area (Å²) in [5, 5.41) is 0.